The Labute approximate surface area is 202 Å². The maximum absolute atomic E-state index is 2.58. The van der Waals surface area contributed by atoms with Gasteiger partial charge in [0.1, 0.15) is 0 Å². The maximum atomic E-state index is 2.58. The van der Waals surface area contributed by atoms with Crippen LogP contribution in [-0.2, 0) is 22.4 Å². The third-order valence-electron chi connectivity index (χ3n) is 5.81. The van der Waals surface area contributed by atoms with E-state index in [1.807, 2.05) is 0 Å². The molecule has 4 heteroatoms. The fourth-order valence-corrected chi connectivity index (χ4v) is 12.9. The van der Waals surface area contributed by atoms with Gasteiger partial charge in [-0.3, -0.25) is 0 Å². The summed E-state index contributed by atoms with van der Waals surface area (Å²) in [6, 6.07) is 16.4. The third-order valence-corrected chi connectivity index (χ3v) is 14.7. The van der Waals surface area contributed by atoms with Crippen LogP contribution < -0.4 is 24.8 Å². The predicted molar refractivity (Wildman–Crippen MR) is 118 cm³/mol. The van der Waals surface area contributed by atoms with Crippen LogP contribution >= 0.6 is 0 Å². The molecular formula is C25H33Cl2SiZr. The molecule has 3 rings (SSSR count). The molecule has 0 saturated heterocycles. The van der Waals surface area contributed by atoms with Gasteiger partial charge in [0.05, 0.1) is 0 Å². The summed E-state index contributed by atoms with van der Waals surface area (Å²) in [6.45, 7) is 12.0. The van der Waals surface area contributed by atoms with Gasteiger partial charge in [0.2, 0.25) is 0 Å². The van der Waals surface area contributed by atoms with E-state index < -0.39 is 0 Å². The van der Waals surface area contributed by atoms with E-state index in [0.717, 1.165) is 3.63 Å². The topological polar surface area (TPSA) is 0 Å². The van der Waals surface area contributed by atoms with Crippen LogP contribution in [0.5, 0.6) is 0 Å². The molecule has 155 valence electrons. The van der Waals surface area contributed by atoms with Crippen molar-refractivity contribution in [2.75, 3.05) is 0 Å². The van der Waals surface area contributed by atoms with E-state index >= 15 is 0 Å². The van der Waals surface area contributed by atoms with E-state index in [2.05, 4.69) is 82.4 Å². The Bertz CT molecular complexity index is 799. The number of hydrogen-bond donors (Lipinski definition) is 0. The van der Waals surface area contributed by atoms with Gasteiger partial charge in [0.25, 0.3) is 0 Å². The fourth-order valence-electron chi connectivity index (χ4n) is 4.00. The summed E-state index contributed by atoms with van der Waals surface area (Å²) in [7, 11) is 0. The zero-order valence-corrected chi connectivity index (χ0v) is 23.3. The second-order valence-corrected chi connectivity index (χ2v) is 21.4. The van der Waals surface area contributed by atoms with Crippen LogP contribution in [0, 0.1) is 0 Å². The largest absolute Gasteiger partial charge is 1.00 e. The normalized spacial score (nSPS) is 15.7. The quantitative estimate of drug-likeness (QED) is 0.464. The van der Waals surface area contributed by atoms with Crippen LogP contribution in [-0.4, -0.2) is 5.92 Å². The molecule has 0 spiro atoms. The van der Waals surface area contributed by atoms with Crippen molar-refractivity contribution in [3.63, 3.8) is 0 Å². The molecule has 0 amide bonds. The molecule has 1 aliphatic rings. The second-order valence-electron chi connectivity index (χ2n) is 8.14. The SMILES string of the molecule is CCCCC1=Cc2c(-c3ccc(C(C)CC)cc3)cccc2[CH]1[Zr+2][Si](C)C.[Cl-].[Cl-]. The third kappa shape index (κ3) is 6.42. The van der Waals surface area contributed by atoms with Gasteiger partial charge >= 0.3 is 179 Å². The van der Waals surface area contributed by atoms with E-state index in [4.69, 9.17) is 0 Å². The molecule has 0 N–H and O–H groups in total. The molecule has 2 aromatic rings. The summed E-state index contributed by atoms with van der Waals surface area (Å²) < 4.78 is 0.832. The first-order valence-corrected chi connectivity index (χ1v) is 18.2. The second kappa shape index (κ2) is 12.7. The Kier molecular flexibility index (Phi) is 11.7. The van der Waals surface area contributed by atoms with Gasteiger partial charge in [-0.15, -0.1) is 0 Å². The van der Waals surface area contributed by atoms with Gasteiger partial charge in [-0.25, -0.2) is 0 Å². The van der Waals surface area contributed by atoms with E-state index in [1.165, 1.54) is 47.9 Å². The molecule has 2 aromatic carbocycles. The molecule has 0 aromatic heterocycles. The van der Waals surface area contributed by atoms with Crippen molar-refractivity contribution in [1.82, 2.24) is 0 Å². The molecule has 0 saturated carbocycles. The molecule has 0 nitrogen and oxygen atoms in total. The van der Waals surface area contributed by atoms with Crippen LogP contribution in [0.25, 0.3) is 17.2 Å². The minimum absolute atomic E-state index is 0. The Morgan fingerprint density at radius 1 is 1.00 bits per heavy atom. The van der Waals surface area contributed by atoms with Crippen molar-refractivity contribution in [2.24, 2.45) is 0 Å². The van der Waals surface area contributed by atoms with Crippen molar-refractivity contribution in [3.8, 4) is 11.1 Å². The van der Waals surface area contributed by atoms with Gasteiger partial charge in [0, 0.05) is 0 Å². The minimum atomic E-state index is -0.360. The Morgan fingerprint density at radius 2 is 1.69 bits per heavy atom. The van der Waals surface area contributed by atoms with Gasteiger partial charge in [-0.1, -0.05) is 0 Å². The summed E-state index contributed by atoms with van der Waals surface area (Å²) in [4.78, 5) is 0. The molecule has 0 bridgehead atoms. The van der Waals surface area contributed by atoms with Gasteiger partial charge < -0.3 is 24.8 Å². The average molecular weight is 524 g/mol. The summed E-state index contributed by atoms with van der Waals surface area (Å²) in [5, 5.41) is 0. The Balaban J connectivity index is 0.00000210. The van der Waals surface area contributed by atoms with Gasteiger partial charge in [-0.05, 0) is 0 Å². The molecule has 1 aliphatic carbocycles. The van der Waals surface area contributed by atoms with Gasteiger partial charge in [-0.2, -0.15) is 0 Å². The smallest absolute Gasteiger partial charge is 1.00 e. The van der Waals surface area contributed by atoms with Crippen LogP contribution in [0.2, 0.25) is 13.1 Å². The van der Waals surface area contributed by atoms with Crippen molar-refractivity contribution in [2.45, 2.75) is 69.1 Å². The average Bonchev–Trinajstić information content (AvgIpc) is 3.02. The number of halogens is 2. The first-order valence-electron chi connectivity index (χ1n) is 10.6. The number of fused-ring (bicyclic) bond motifs is 1. The number of allylic oxidation sites excluding steroid dienone is 1. The Morgan fingerprint density at radius 3 is 2.28 bits per heavy atom. The number of unbranched alkanes of at least 4 members (excludes halogenated alkanes) is 1. The first kappa shape index (κ1) is 26.9. The zero-order valence-electron chi connectivity index (χ0n) is 18.4. The predicted octanol–water partition coefficient (Wildman–Crippen LogP) is 1.84. The van der Waals surface area contributed by atoms with Crippen LogP contribution in [0.4, 0.5) is 0 Å². The van der Waals surface area contributed by atoms with Crippen molar-refractivity contribution >= 4 is 12.0 Å². The summed E-state index contributed by atoms with van der Waals surface area (Å²) in [5.74, 6) is 0.564. The summed E-state index contributed by atoms with van der Waals surface area (Å²) >= 11 is -0.360. The van der Waals surface area contributed by atoms with Crippen LogP contribution in [0.3, 0.4) is 0 Å². The molecular weight excluding hydrogens is 490 g/mol. The van der Waals surface area contributed by atoms with E-state index in [-0.39, 0.29) is 53.1 Å². The molecule has 2 atom stereocenters. The van der Waals surface area contributed by atoms with Gasteiger partial charge in [0.15, 0.2) is 0 Å². The molecule has 0 aliphatic heterocycles. The zero-order chi connectivity index (χ0) is 19.4. The Hall–Kier alpha value is -0.140. The molecule has 0 heterocycles. The standard InChI is InChI=1S/C23H27.C2H6Si.2ClH.Zr/c1-4-6-8-18-15-21-9-7-10-22(23(21)16-18)20-13-11-19(12-14-20)17(3)5-2;1-3-2;;;/h7,9-17H,4-6,8H2,1-3H3;1-2H3;2*1H;/q;;;;+2/p-2. The molecule has 1 radical (unpaired) electrons. The minimum Gasteiger partial charge on any atom is -1.00 e. The van der Waals surface area contributed by atoms with Crippen molar-refractivity contribution in [1.29, 1.82) is 0 Å². The van der Waals surface area contributed by atoms with E-state index in [9.17, 15) is 0 Å². The fraction of sp³-hybridized carbons (Fsp3) is 0.440. The van der Waals surface area contributed by atoms with E-state index in [0.29, 0.717) is 5.92 Å². The van der Waals surface area contributed by atoms with Crippen molar-refractivity contribution in [3.05, 3.63) is 64.7 Å². The van der Waals surface area contributed by atoms with Crippen LogP contribution in [0.15, 0.2) is 48.0 Å². The number of rotatable bonds is 8. The van der Waals surface area contributed by atoms with E-state index in [1.54, 1.807) is 11.1 Å². The number of hydrogen-bond acceptors (Lipinski definition) is 0. The molecule has 2 unspecified atom stereocenters. The maximum Gasteiger partial charge on any atom is -1.00 e. The summed E-state index contributed by atoms with van der Waals surface area (Å²) in [5.41, 5.74) is 9.24. The summed E-state index contributed by atoms with van der Waals surface area (Å²) in [6.07, 6.45) is 7.72. The van der Waals surface area contributed by atoms with Crippen LogP contribution in [0.1, 0.15) is 72.7 Å². The monoisotopic (exact) mass is 521 g/mol. The first-order chi connectivity index (χ1) is 13.0. The number of benzene rings is 2. The molecule has 29 heavy (non-hydrogen) atoms. The van der Waals surface area contributed by atoms with Crippen molar-refractivity contribution < 1.29 is 47.2 Å². The molecule has 0 fully saturated rings.